The van der Waals surface area contributed by atoms with Gasteiger partial charge in [-0.15, -0.1) is 5.01 Å². The number of carbonyl (C=O) groups is 3. The van der Waals surface area contributed by atoms with Gasteiger partial charge in [0.1, 0.15) is 16.8 Å². The normalized spacial score (nSPS) is 11.9. The molecule has 11 nitrogen and oxygen atoms in total. The number of nitrogens with zero attached hydrogens (tertiary/aromatic N) is 3. The molecule has 1 aromatic carbocycles. The number of rotatable bonds is 3. The molecule has 0 bridgehead atoms. The summed E-state index contributed by atoms with van der Waals surface area (Å²) in [5.41, 5.74) is -2.67. The summed E-state index contributed by atoms with van der Waals surface area (Å²) in [7, 11) is 0. The lowest BCUT2D eigenvalue weighted by molar-refractivity contribution is -0.384. The molecule has 0 saturated heterocycles. The van der Waals surface area contributed by atoms with Crippen LogP contribution in [0.5, 0.6) is 0 Å². The molecule has 0 saturated carbocycles. The quantitative estimate of drug-likeness (QED) is 0.327. The lowest BCUT2D eigenvalue weighted by Gasteiger charge is -2.36. The fourth-order valence-corrected chi connectivity index (χ4v) is 2.31. The number of hydrogen-bond donors (Lipinski definition) is 0. The van der Waals surface area contributed by atoms with Gasteiger partial charge in [-0.2, -0.15) is 5.01 Å². The Morgan fingerprint density at radius 2 is 1.12 bits per heavy atom. The molecule has 0 atom stereocenters. The maximum absolute atomic E-state index is 13.1. The van der Waals surface area contributed by atoms with Crippen LogP contribution in [-0.2, 0) is 20.8 Å². The molecule has 184 valence electrons. The van der Waals surface area contributed by atoms with Gasteiger partial charge in [0.15, 0.2) is 0 Å². The highest BCUT2D eigenvalue weighted by Crippen LogP contribution is 2.22. The monoisotopic (exact) mass is 467 g/mol. The summed E-state index contributed by atoms with van der Waals surface area (Å²) in [6, 6.07) is 5.29. The highest BCUT2D eigenvalue weighted by Gasteiger charge is 2.40. The van der Waals surface area contributed by atoms with Crippen molar-refractivity contribution in [1.82, 2.24) is 10.0 Å². The Balaban J connectivity index is 3.48. The van der Waals surface area contributed by atoms with Gasteiger partial charge in [0, 0.05) is 12.1 Å². The van der Waals surface area contributed by atoms with Crippen molar-refractivity contribution in [2.75, 3.05) is 0 Å². The summed E-state index contributed by atoms with van der Waals surface area (Å²) < 4.78 is 16.1. The van der Waals surface area contributed by atoms with E-state index in [0.717, 1.165) is 5.01 Å². The molecule has 0 N–H and O–H groups in total. The van der Waals surface area contributed by atoms with Gasteiger partial charge in [0.05, 0.1) is 11.5 Å². The Kier molecular flexibility index (Phi) is 8.43. The van der Waals surface area contributed by atoms with Crippen molar-refractivity contribution in [3.8, 4) is 0 Å². The first-order chi connectivity index (χ1) is 14.8. The summed E-state index contributed by atoms with van der Waals surface area (Å²) in [5.74, 6) is 0. The number of benzene rings is 1. The molecular weight excluding hydrogens is 434 g/mol. The van der Waals surface area contributed by atoms with E-state index in [1.807, 2.05) is 0 Å². The van der Waals surface area contributed by atoms with Crippen LogP contribution in [0.25, 0.3) is 0 Å². The average Bonchev–Trinajstić information content (AvgIpc) is 2.56. The van der Waals surface area contributed by atoms with Crippen molar-refractivity contribution in [2.45, 2.75) is 85.7 Å². The third kappa shape index (κ3) is 9.75. The Labute approximate surface area is 193 Å². The Bertz CT molecular complexity index is 849. The van der Waals surface area contributed by atoms with Gasteiger partial charge in [-0.05, 0) is 67.9 Å². The van der Waals surface area contributed by atoms with Crippen molar-refractivity contribution in [2.24, 2.45) is 0 Å². The summed E-state index contributed by atoms with van der Waals surface area (Å²) in [6.07, 6.45) is -3.31. The van der Waals surface area contributed by atoms with E-state index in [9.17, 15) is 24.5 Å². The van der Waals surface area contributed by atoms with Crippen LogP contribution in [0.1, 0.15) is 67.9 Å². The molecular formula is C22H33N3O8. The number of nitro benzene ring substituents is 1. The van der Waals surface area contributed by atoms with E-state index in [4.69, 9.17) is 14.2 Å². The van der Waals surface area contributed by atoms with Gasteiger partial charge in [0.25, 0.3) is 5.69 Å². The predicted molar refractivity (Wildman–Crippen MR) is 119 cm³/mol. The second-order valence-corrected chi connectivity index (χ2v) is 10.2. The Morgan fingerprint density at radius 1 is 0.758 bits per heavy atom. The van der Waals surface area contributed by atoms with E-state index < -0.39 is 40.0 Å². The number of hydrazine groups is 1. The molecule has 0 aliphatic carbocycles. The molecule has 0 unspecified atom stereocenters. The number of carbonyl (C=O) groups excluding carboxylic acids is 3. The highest BCUT2D eigenvalue weighted by atomic mass is 16.6. The number of imide groups is 1. The minimum atomic E-state index is -1.15. The van der Waals surface area contributed by atoms with Gasteiger partial charge >= 0.3 is 18.3 Å². The van der Waals surface area contributed by atoms with Crippen LogP contribution in [0, 0.1) is 10.1 Å². The van der Waals surface area contributed by atoms with Crippen molar-refractivity contribution in [1.29, 1.82) is 0 Å². The second-order valence-electron chi connectivity index (χ2n) is 10.2. The number of hydrogen-bond acceptors (Lipinski definition) is 8. The molecule has 0 fully saturated rings. The summed E-state index contributed by atoms with van der Waals surface area (Å²) >= 11 is 0. The van der Waals surface area contributed by atoms with Crippen molar-refractivity contribution < 1.29 is 33.5 Å². The van der Waals surface area contributed by atoms with Gasteiger partial charge in [-0.1, -0.05) is 12.1 Å². The largest absolute Gasteiger partial charge is 0.442 e. The smallest absolute Gasteiger partial charge is 0.439 e. The molecule has 0 spiro atoms. The SMILES string of the molecule is CC(C)(C)OC(=O)N(Cc1ccc([N+](=O)[O-])cc1)N(C(=O)OC(C)(C)C)C(=O)OC(C)(C)C. The van der Waals surface area contributed by atoms with Gasteiger partial charge < -0.3 is 14.2 Å². The van der Waals surface area contributed by atoms with Crippen molar-refractivity contribution in [3.63, 3.8) is 0 Å². The molecule has 1 rings (SSSR count). The third-order valence-electron chi connectivity index (χ3n) is 3.46. The lowest BCUT2D eigenvalue weighted by Crippen LogP contribution is -2.55. The first kappa shape index (κ1) is 27.7. The van der Waals surface area contributed by atoms with Gasteiger partial charge in [-0.3, -0.25) is 10.1 Å². The van der Waals surface area contributed by atoms with Gasteiger partial charge in [-0.25, -0.2) is 14.4 Å². The zero-order valence-corrected chi connectivity index (χ0v) is 20.6. The first-order valence-corrected chi connectivity index (χ1v) is 10.3. The molecule has 1 aromatic rings. The van der Waals surface area contributed by atoms with E-state index in [2.05, 4.69) is 0 Å². The molecule has 3 amide bonds. The topological polar surface area (TPSA) is 129 Å². The standard InChI is InChI=1S/C22H33N3O8/c1-20(2,3)31-17(26)23(14-15-10-12-16(13-11-15)25(29)30)24(18(27)32-21(4,5)6)19(28)33-22(7,8)9/h10-13H,14H2,1-9H3. The maximum Gasteiger partial charge on any atom is 0.439 e. The van der Waals surface area contributed by atoms with E-state index in [1.54, 1.807) is 62.3 Å². The minimum absolute atomic E-state index is 0.154. The molecule has 0 aromatic heterocycles. The van der Waals surface area contributed by atoms with Crippen LogP contribution in [0.2, 0.25) is 0 Å². The molecule has 0 radical (unpaired) electrons. The lowest BCUT2D eigenvalue weighted by atomic mass is 10.2. The number of non-ortho nitro benzene ring substituents is 1. The van der Waals surface area contributed by atoms with Crippen LogP contribution in [-0.4, -0.2) is 50.0 Å². The van der Waals surface area contributed by atoms with Crippen LogP contribution in [0.15, 0.2) is 24.3 Å². The number of amides is 3. The Hall–Kier alpha value is -3.37. The average molecular weight is 468 g/mol. The maximum atomic E-state index is 13.1. The van der Waals surface area contributed by atoms with Crippen LogP contribution < -0.4 is 0 Å². The second kappa shape index (κ2) is 10.1. The van der Waals surface area contributed by atoms with Crippen LogP contribution in [0.4, 0.5) is 20.1 Å². The molecule has 0 heterocycles. The van der Waals surface area contributed by atoms with E-state index >= 15 is 0 Å². The van der Waals surface area contributed by atoms with Crippen molar-refractivity contribution in [3.05, 3.63) is 39.9 Å². The third-order valence-corrected chi connectivity index (χ3v) is 3.46. The molecule has 0 aliphatic rings. The minimum Gasteiger partial charge on any atom is -0.442 e. The molecule has 11 heteroatoms. The van der Waals surface area contributed by atoms with E-state index in [0.29, 0.717) is 10.6 Å². The number of nitro groups is 1. The molecule has 0 aliphatic heterocycles. The summed E-state index contributed by atoms with van der Waals surface area (Å²) in [5, 5.41) is 12.1. The van der Waals surface area contributed by atoms with E-state index in [-0.39, 0.29) is 12.2 Å². The zero-order chi connectivity index (χ0) is 25.8. The summed E-state index contributed by atoms with van der Waals surface area (Å²) in [6.45, 7) is 14.2. The highest BCUT2D eigenvalue weighted by molar-refractivity contribution is 5.90. The van der Waals surface area contributed by atoms with E-state index in [1.165, 1.54) is 24.3 Å². The fraction of sp³-hybridized carbons (Fsp3) is 0.591. The van der Waals surface area contributed by atoms with Crippen molar-refractivity contribution >= 4 is 24.0 Å². The first-order valence-electron chi connectivity index (χ1n) is 10.3. The van der Waals surface area contributed by atoms with Crippen LogP contribution >= 0.6 is 0 Å². The zero-order valence-electron chi connectivity index (χ0n) is 20.6. The van der Waals surface area contributed by atoms with Crippen LogP contribution in [0.3, 0.4) is 0 Å². The predicted octanol–water partition coefficient (Wildman–Crippen LogP) is 5.42. The number of ether oxygens (including phenoxy) is 3. The molecule has 33 heavy (non-hydrogen) atoms. The fourth-order valence-electron chi connectivity index (χ4n) is 2.31. The summed E-state index contributed by atoms with van der Waals surface area (Å²) in [4.78, 5) is 49.4. The Morgan fingerprint density at radius 3 is 1.45 bits per heavy atom. The van der Waals surface area contributed by atoms with Gasteiger partial charge in [0.2, 0.25) is 0 Å².